The molecule has 2 heterocycles. The molecule has 1 atom stereocenters. The second kappa shape index (κ2) is 4.93. The van der Waals surface area contributed by atoms with Gasteiger partial charge in [-0.2, -0.15) is 0 Å². The van der Waals surface area contributed by atoms with Crippen molar-refractivity contribution < 1.29 is 12.8 Å². The van der Waals surface area contributed by atoms with Crippen LogP contribution >= 0.6 is 27.3 Å². The molecule has 0 spiro atoms. The van der Waals surface area contributed by atoms with E-state index in [4.69, 9.17) is 4.42 Å². The molecular weight excluding hydrogens is 326 g/mol. The zero-order valence-corrected chi connectivity index (χ0v) is 12.1. The maximum atomic E-state index is 12.0. The summed E-state index contributed by atoms with van der Waals surface area (Å²) in [4.78, 5) is 0. The molecule has 0 aromatic carbocycles. The quantitative estimate of drug-likeness (QED) is 0.933. The molecule has 17 heavy (non-hydrogen) atoms. The lowest BCUT2D eigenvalue weighted by atomic mass is 10.3. The summed E-state index contributed by atoms with van der Waals surface area (Å²) < 4.78 is 32.7. The Labute approximate surface area is 112 Å². The van der Waals surface area contributed by atoms with Crippen LogP contribution in [0.1, 0.15) is 18.7 Å². The highest BCUT2D eigenvalue weighted by atomic mass is 79.9. The second-order valence-corrected chi connectivity index (χ2v) is 7.09. The van der Waals surface area contributed by atoms with E-state index in [2.05, 4.69) is 20.7 Å². The number of nitrogens with one attached hydrogen (secondary N) is 1. The Morgan fingerprint density at radius 3 is 2.76 bits per heavy atom. The van der Waals surface area contributed by atoms with Gasteiger partial charge in [-0.1, -0.05) is 0 Å². The summed E-state index contributed by atoms with van der Waals surface area (Å²) in [6.45, 7) is 1.73. The number of furan rings is 1. The Hall–Kier alpha value is -0.630. The minimum absolute atomic E-state index is 0.274. The van der Waals surface area contributed by atoms with Crippen LogP contribution in [0.3, 0.4) is 0 Å². The standard InChI is InChI=1S/C10H10BrNO3S2/c1-7(9-3-2-5-15-9)12-17(13,14)10-8(11)4-6-16-10/h2-7,12H,1H3. The Kier molecular flexibility index (Phi) is 3.72. The minimum Gasteiger partial charge on any atom is -0.468 e. The van der Waals surface area contributed by atoms with E-state index >= 15 is 0 Å². The molecule has 0 bridgehead atoms. The fourth-order valence-corrected chi connectivity index (χ4v) is 4.92. The Balaban J connectivity index is 2.22. The van der Waals surface area contributed by atoms with Gasteiger partial charge in [0.2, 0.25) is 0 Å². The maximum Gasteiger partial charge on any atom is 0.251 e. The van der Waals surface area contributed by atoms with Crippen LogP contribution in [-0.2, 0) is 10.0 Å². The van der Waals surface area contributed by atoms with Gasteiger partial charge in [-0.15, -0.1) is 11.3 Å². The predicted octanol–water partition coefficient (Wildman–Crippen LogP) is 3.14. The third kappa shape index (κ3) is 2.79. The topological polar surface area (TPSA) is 59.3 Å². The molecule has 1 N–H and O–H groups in total. The molecule has 1 unspecified atom stereocenters. The van der Waals surface area contributed by atoms with Crippen molar-refractivity contribution in [3.05, 3.63) is 40.1 Å². The van der Waals surface area contributed by atoms with Crippen molar-refractivity contribution in [2.75, 3.05) is 0 Å². The number of rotatable bonds is 4. The molecule has 0 aliphatic rings. The summed E-state index contributed by atoms with van der Waals surface area (Å²) in [6, 6.07) is 4.76. The summed E-state index contributed by atoms with van der Waals surface area (Å²) >= 11 is 4.38. The number of sulfonamides is 1. The van der Waals surface area contributed by atoms with Crippen LogP contribution in [0.25, 0.3) is 0 Å². The van der Waals surface area contributed by atoms with E-state index in [1.807, 2.05) is 0 Å². The van der Waals surface area contributed by atoms with Gasteiger partial charge in [0.25, 0.3) is 10.0 Å². The average Bonchev–Trinajstić information content (AvgIpc) is 2.85. The first kappa shape index (κ1) is 12.8. The van der Waals surface area contributed by atoms with Crippen molar-refractivity contribution in [3.8, 4) is 0 Å². The van der Waals surface area contributed by atoms with Crippen LogP contribution < -0.4 is 4.72 Å². The molecule has 0 radical (unpaired) electrons. The Bertz CT molecular complexity index is 589. The molecule has 92 valence electrons. The third-order valence-corrected chi connectivity index (χ3v) is 6.34. The Morgan fingerprint density at radius 1 is 1.47 bits per heavy atom. The van der Waals surface area contributed by atoms with Crippen molar-refractivity contribution in [1.29, 1.82) is 0 Å². The summed E-state index contributed by atoms with van der Waals surface area (Å²) in [5.41, 5.74) is 0. The molecule has 0 fully saturated rings. The minimum atomic E-state index is -3.51. The van der Waals surface area contributed by atoms with Crippen molar-refractivity contribution >= 4 is 37.3 Å². The highest BCUT2D eigenvalue weighted by molar-refractivity contribution is 9.10. The second-order valence-electron chi connectivity index (χ2n) is 3.41. The summed E-state index contributed by atoms with van der Waals surface area (Å²) in [7, 11) is -3.51. The molecule has 0 aliphatic heterocycles. The monoisotopic (exact) mass is 335 g/mol. The predicted molar refractivity (Wildman–Crippen MR) is 69.5 cm³/mol. The molecule has 0 saturated carbocycles. The summed E-state index contributed by atoms with van der Waals surface area (Å²) in [6.07, 6.45) is 1.52. The molecule has 7 heteroatoms. The molecule has 2 aromatic rings. The molecule has 0 saturated heterocycles. The van der Waals surface area contributed by atoms with Gasteiger partial charge in [-0.25, -0.2) is 13.1 Å². The molecular formula is C10H10BrNO3S2. The van der Waals surface area contributed by atoms with Crippen molar-refractivity contribution in [2.45, 2.75) is 17.2 Å². The lowest BCUT2D eigenvalue weighted by molar-refractivity contribution is 0.459. The lowest BCUT2D eigenvalue weighted by Crippen LogP contribution is -2.26. The van der Waals surface area contributed by atoms with E-state index in [-0.39, 0.29) is 4.21 Å². The third-order valence-electron chi connectivity index (χ3n) is 2.13. The molecule has 4 nitrogen and oxygen atoms in total. The van der Waals surface area contributed by atoms with Crippen LogP contribution in [0.2, 0.25) is 0 Å². The highest BCUT2D eigenvalue weighted by Gasteiger charge is 2.23. The van der Waals surface area contributed by atoms with E-state index in [0.717, 1.165) is 0 Å². The number of hydrogen-bond acceptors (Lipinski definition) is 4. The first-order valence-electron chi connectivity index (χ1n) is 4.79. The van der Waals surface area contributed by atoms with Gasteiger partial charge in [0, 0.05) is 4.47 Å². The van der Waals surface area contributed by atoms with Gasteiger partial charge in [0.05, 0.1) is 12.3 Å². The van der Waals surface area contributed by atoms with Crippen molar-refractivity contribution in [3.63, 3.8) is 0 Å². The van der Waals surface area contributed by atoms with E-state index in [1.165, 1.54) is 17.6 Å². The molecule has 2 rings (SSSR count). The zero-order chi connectivity index (χ0) is 12.5. The van der Waals surface area contributed by atoms with Crippen LogP contribution in [0.4, 0.5) is 0 Å². The van der Waals surface area contributed by atoms with E-state index in [9.17, 15) is 8.42 Å². The zero-order valence-electron chi connectivity index (χ0n) is 8.88. The van der Waals surface area contributed by atoms with E-state index in [1.54, 1.807) is 30.5 Å². The largest absolute Gasteiger partial charge is 0.468 e. The maximum absolute atomic E-state index is 12.0. The van der Waals surface area contributed by atoms with Gasteiger partial charge in [-0.3, -0.25) is 0 Å². The first-order chi connectivity index (χ1) is 8.00. The lowest BCUT2D eigenvalue weighted by Gasteiger charge is -2.11. The van der Waals surface area contributed by atoms with Gasteiger partial charge in [-0.05, 0) is 46.4 Å². The SMILES string of the molecule is CC(NS(=O)(=O)c1sccc1Br)c1ccco1. The van der Waals surface area contributed by atoms with Crippen LogP contribution in [-0.4, -0.2) is 8.42 Å². The first-order valence-corrected chi connectivity index (χ1v) is 7.95. The van der Waals surface area contributed by atoms with E-state index < -0.39 is 16.1 Å². The number of thiophene rings is 1. The fourth-order valence-electron chi connectivity index (χ4n) is 1.35. The number of hydrogen-bond donors (Lipinski definition) is 1. The van der Waals surface area contributed by atoms with Crippen LogP contribution in [0.15, 0.2) is 42.9 Å². The van der Waals surface area contributed by atoms with Gasteiger partial charge in [0.15, 0.2) is 0 Å². The van der Waals surface area contributed by atoms with Gasteiger partial charge in [0.1, 0.15) is 9.97 Å². The fraction of sp³-hybridized carbons (Fsp3) is 0.200. The Morgan fingerprint density at radius 2 is 2.24 bits per heavy atom. The average molecular weight is 336 g/mol. The molecule has 0 amide bonds. The number of halogens is 1. The van der Waals surface area contributed by atoms with Gasteiger partial charge < -0.3 is 4.42 Å². The molecule has 0 aliphatic carbocycles. The van der Waals surface area contributed by atoms with Crippen molar-refractivity contribution in [1.82, 2.24) is 4.72 Å². The smallest absolute Gasteiger partial charge is 0.251 e. The highest BCUT2D eigenvalue weighted by Crippen LogP contribution is 2.28. The normalized spacial score (nSPS) is 13.8. The summed E-state index contributed by atoms with van der Waals surface area (Å²) in [5, 5.41) is 1.72. The van der Waals surface area contributed by atoms with Gasteiger partial charge >= 0.3 is 0 Å². The van der Waals surface area contributed by atoms with Crippen molar-refractivity contribution in [2.24, 2.45) is 0 Å². The van der Waals surface area contributed by atoms with Crippen LogP contribution in [0.5, 0.6) is 0 Å². The van der Waals surface area contributed by atoms with Crippen LogP contribution in [0, 0.1) is 0 Å². The summed E-state index contributed by atoms with van der Waals surface area (Å²) in [5.74, 6) is 0.584. The molecule has 2 aromatic heterocycles. The van der Waals surface area contributed by atoms with E-state index in [0.29, 0.717) is 10.2 Å².